The predicted molar refractivity (Wildman–Crippen MR) is 73.4 cm³/mol. The van der Waals surface area contributed by atoms with Crippen LogP contribution in [0.1, 0.15) is 11.1 Å². The van der Waals surface area contributed by atoms with E-state index in [9.17, 15) is 4.79 Å². The number of nitrogens with two attached hydrogens (primary N) is 1. The predicted octanol–water partition coefficient (Wildman–Crippen LogP) is 0.0937. The Bertz CT molecular complexity index is 417. The van der Waals surface area contributed by atoms with Gasteiger partial charge in [0.15, 0.2) is 0 Å². The second-order valence-electron chi connectivity index (χ2n) is 4.69. The Kier molecular flexibility index (Phi) is 5.32. The number of nitrogens with one attached hydrogen (secondary N) is 1. The van der Waals surface area contributed by atoms with Crippen molar-refractivity contribution in [1.82, 2.24) is 10.2 Å². The van der Waals surface area contributed by atoms with Gasteiger partial charge in [0.05, 0.1) is 19.8 Å². The number of hydrogen-bond acceptors (Lipinski definition) is 4. The summed E-state index contributed by atoms with van der Waals surface area (Å²) in [5.74, 6) is -0.126. The number of morpholine rings is 1. The summed E-state index contributed by atoms with van der Waals surface area (Å²) in [5.41, 5.74) is 7.63. The molecule has 104 valence electrons. The summed E-state index contributed by atoms with van der Waals surface area (Å²) in [5, 5.41) is 2.78. The molecule has 5 heteroatoms. The third kappa shape index (κ3) is 4.63. The van der Waals surface area contributed by atoms with E-state index in [1.807, 2.05) is 12.1 Å². The van der Waals surface area contributed by atoms with Gasteiger partial charge >= 0.3 is 0 Å². The van der Waals surface area contributed by atoms with Crippen molar-refractivity contribution in [2.75, 3.05) is 32.8 Å². The molecule has 0 atom stereocenters. The second kappa shape index (κ2) is 7.23. The summed E-state index contributed by atoms with van der Waals surface area (Å²) in [6, 6.07) is 8.29. The molecule has 0 bridgehead atoms. The molecule has 1 aliphatic heterocycles. The van der Waals surface area contributed by atoms with Crippen molar-refractivity contribution in [3.05, 3.63) is 35.4 Å². The lowest BCUT2D eigenvalue weighted by Gasteiger charge is -2.26. The van der Waals surface area contributed by atoms with Gasteiger partial charge in [0.1, 0.15) is 0 Å². The highest BCUT2D eigenvalue weighted by Gasteiger charge is 2.10. The number of carbonyl (C=O) groups excluding carboxylic acids is 1. The largest absolute Gasteiger partial charge is 0.379 e. The molecule has 0 aliphatic carbocycles. The second-order valence-corrected chi connectivity index (χ2v) is 4.69. The van der Waals surface area contributed by atoms with Gasteiger partial charge in [-0.05, 0) is 11.1 Å². The minimum Gasteiger partial charge on any atom is -0.379 e. The highest BCUT2D eigenvalue weighted by atomic mass is 16.5. The van der Waals surface area contributed by atoms with Crippen LogP contribution in [0.15, 0.2) is 24.3 Å². The Hall–Kier alpha value is -1.43. The van der Waals surface area contributed by atoms with Crippen molar-refractivity contribution >= 4 is 5.91 Å². The summed E-state index contributed by atoms with van der Waals surface area (Å²) in [4.78, 5) is 13.5. The zero-order valence-electron chi connectivity index (χ0n) is 11.1. The summed E-state index contributed by atoms with van der Waals surface area (Å²) in [7, 11) is 0. The number of amides is 1. The lowest BCUT2D eigenvalue weighted by atomic mass is 10.1. The maximum absolute atomic E-state index is 11.1. The van der Waals surface area contributed by atoms with Gasteiger partial charge in [0, 0.05) is 26.2 Å². The van der Waals surface area contributed by atoms with Crippen LogP contribution in [0.3, 0.4) is 0 Å². The van der Waals surface area contributed by atoms with Crippen LogP contribution in [0.4, 0.5) is 0 Å². The molecule has 0 aromatic heterocycles. The molecular weight excluding hydrogens is 242 g/mol. The first kappa shape index (κ1) is 14.0. The molecule has 1 aromatic carbocycles. The van der Waals surface area contributed by atoms with E-state index in [1.54, 1.807) is 0 Å². The minimum atomic E-state index is -0.126. The molecule has 5 nitrogen and oxygen atoms in total. The molecule has 0 radical (unpaired) electrons. The lowest BCUT2D eigenvalue weighted by Crippen LogP contribution is -2.35. The number of nitrogens with zero attached hydrogens (tertiary/aromatic N) is 1. The van der Waals surface area contributed by atoms with Gasteiger partial charge in [0.25, 0.3) is 0 Å². The van der Waals surface area contributed by atoms with E-state index >= 15 is 0 Å². The number of hydrogen-bond donors (Lipinski definition) is 2. The molecule has 1 amide bonds. The molecule has 1 saturated heterocycles. The highest BCUT2D eigenvalue weighted by Crippen LogP contribution is 2.09. The van der Waals surface area contributed by atoms with Gasteiger partial charge in [-0.3, -0.25) is 9.69 Å². The summed E-state index contributed by atoms with van der Waals surface area (Å²) in [6.07, 6.45) is 0. The SMILES string of the molecule is NCC(=O)NCc1cccc(CN2CCOCC2)c1. The topological polar surface area (TPSA) is 67.6 Å². The molecule has 1 aromatic rings. The fraction of sp³-hybridized carbons (Fsp3) is 0.500. The van der Waals surface area contributed by atoms with Crippen molar-refractivity contribution in [2.45, 2.75) is 13.1 Å². The van der Waals surface area contributed by atoms with Crippen molar-refractivity contribution < 1.29 is 9.53 Å². The van der Waals surface area contributed by atoms with Crippen LogP contribution in [0.2, 0.25) is 0 Å². The molecule has 0 saturated carbocycles. The molecule has 19 heavy (non-hydrogen) atoms. The zero-order chi connectivity index (χ0) is 13.5. The van der Waals surface area contributed by atoms with E-state index in [4.69, 9.17) is 10.5 Å². The third-order valence-electron chi connectivity index (χ3n) is 3.18. The molecule has 3 N–H and O–H groups in total. The third-order valence-corrected chi connectivity index (χ3v) is 3.18. The van der Waals surface area contributed by atoms with Gasteiger partial charge in [0.2, 0.25) is 5.91 Å². The fourth-order valence-corrected chi connectivity index (χ4v) is 2.13. The molecular formula is C14H21N3O2. The van der Waals surface area contributed by atoms with E-state index in [0.717, 1.165) is 38.4 Å². The Labute approximate surface area is 113 Å². The van der Waals surface area contributed by atoms with Gasteiger partial charge in [-0.15, -0.1) is 0 Å². The van der Waals surface area contributed by atoms with Crippen LogP contribution in [-0.2, 0) is 22.6 Å². The number of carbonyl (C=O) groups is 1. The normalized spacial score (nSPS) is 16.3. The van der Waals surface area contributed by atoms with E-state index in [-0.39, 0.29) is 12.5 Å². The Morgan fingerprint density at radius 2 is 2.05 bits per heavy atom. The highest BCUT2D eigenvalue weighted by molar-refractivity contribution is 5.77. The zero-order valence-corrected chi connectivity index (χ0v) is 11.1. The van der Waals surface area contributed by atoms with Crippen molar-refractivity contribution in [1.29, 1.82) is 0 Å². The summed E-state index contributed by atoms with van der Waals surface area (Å²) < 4.78 is 5.34. The Morgan fingerprint density at radius 3 is 2.79 bits per heavy atom. The smallest absolute Gasteiger partial charge is 0.234 e. The number of benzene rings is 1. The molecule has 0 spiro atoms. The monoisotopic (exact) mass is 263 g/mol. The maximum atomic E-state index is 11.1. The average Bonchev–Trinajstić information content (AvgIpc) is 2.46. The van der Waals surface area contributed by atoms with Crippen LogP contribution in [0.25, 0.3) is 0 Å². The first-order chi connectivity index (χ1) is 9.28. The van der Waals surface area contributed by atoms with Gasteiger partial charge in [-0.25, -0.2) is 0 Å². The summed E-state index contributed by atoms with van der Waals surface area (Å²) in [6.45, 7) is 5.09. The number of rotatable bonds is 5. The van der Waals surface area contributed by atoms with E-state index < -0.39 is 0 Å². The molecule has 1 heterocycles. The average molecular weight is 263 g/mol. The van der Waals surface area contributed by atoms with Crippen molar-refractivity contribution in [3.63, 3.8) is 0 Å². The minimum absolute atomic E-state index is 0.0352. The van der Waals surface area contributed by atoms with Crippen LogP contribution >= 0.6 is 0 Å². The van der Waals surface area contributed by atoms with E-state index in [0.29, 0.717) is 6.54 Å². The van der Waals surface area contributed by atoms with E-state index in [1.165, 1.54) is 5.56 Å². The number of ether oxygens (including phenoxy) is 1. The molecule has 2 rings (SSSR count). The quantitative estimate of drug-likeness (QED) is 0.790. The fourth-order valence-electron chi connectivity index (χ4n) is 2.13. The maximum Gasteiger partial charge on any atom is 0.234 e. The first-order valence-corrected chi connectivity index (χ1v) is 6.62. The van der Waals surface area contributed by atoms with Crippen LogP contribution in [-0.4, -0.2) is 43.7 Å². The Balaban J connectivity index is 1.88. The standard InChI is InChI=1S/C14H21N3O2/c15-9-14(18)16-10-12-2-1-3-13(8-12)11-17-4-6-19-7-5-17/h1-3,8H,4-7,9-11,15H2,(H,16,18). The van der Waals surface area contributed by atoms with Crippen LogP contribution in [0, 0.1) is 0 Å². The molecule has 0 unspecified atom stereocenters. The van der Waals surface area contributed by atoms with Crippen molar-refractivity contribution in [2.24, 2.45) is 5.73 Å². The van der Waals surface area contributed by atoms with Gasteiger partial charge in [-0.2, -0.15) is 0 Å². The van der Waals surface area contributed by atoms with Gasteiger partial charge in [-0.1, -0.05) is 24.3 Å². The van der Waals surface area contributed by atoms with E-state index in [2.05, 4.69) is 22.3 Å². The first-order valence-electron chi connectivity index (χ1n) is 6.62. The van der Waals surface area contributed by atoms with Crippen LogP contribution in [0.5, 0.6) is 0 Å². The van der Waals surface area contributed by atoms with Crippen molar-refractivity contribution in [3.8, 4) is 0 Å². The molecule has 1 fully saturated rings. The van der Waals surface area contributed by atoms with Crippen LogP contribution < -0.4 is 11.1 Å². The summed E-state index contributed by atoms with van der Waals surface area (Å²) >= 11 is 0. The molecule has 1 aliphatic rings. The lowest BCUT2D eigenvalue weighted by molar-refractivity contribution is -0.119. The Morgan fingerprint density at radius 1 is 1.32 bits per heavy atom. The van der Waals surface area contributed by atoms with Gasteiger partial charge < -0.3 is 15.8 Å².